The van der Waals surface area contributed by atoms with E-state index in [0.29, 0.717) is 17.1 Å². The highest BCUT2D eigenvalue weighted by molar-refractivity contribution is 5.76. The fraction of sp³-hybridized carbons (Fsp3) is 0.167. The maximum atomic E-state index is 14.9. The number of aromatic nitrogens is 2. The molecule has 0 spiro atoms. The summed E-state index contributed by atoms with van der Waals surface area (Å²) < 4.78 is 62.0. The van der Waals surface area contributed by atoms with Crippen molar-refractivity contribution >= 4 is 22.7 Å². The number of imidazole rings is 1. The molecule has 4 rings (SSSR count). The molecule has 2 N–H and O–H groups in total. The number of nitrogens with zero attached hydrogens (tertiary/aromatic N) is 1. The number of alkyl halides is 3. The molecule has 0 aliphatic carbocycles. The van der Waals surface area contributed by atoms with Gasteiger partial charge in [0.15, 0.2) is 6.23 Å². The Morgan fingerprint density at radius 3 is 2.56 bits per heavy atom. The average Bonchev–Trinajstić information content (AvgIpc) is 3.25. The van der Waals surface area contributed by atoms with Crippen molar-refractivity contribution in [1.82, 2.24) is 9.97 Å². The van der Waals surface area contributed by atoms with Crippen LogP contribution in [0.2, 0.25) is 0 Å². The van der Waals surface area contributed by atoms with Gasteiger partial charge < -0.3 is 19.8 Å². The van der Waals surface area contributed by atoms with Crippen molar-refractivity contribution in [2.75, 3.05) is 5.32 Å². The molecule has 1 aromatic heterocycles. The zero-order valence-electron chi connectivity index (χ0n) is 17.8. The number of hydrogen-bond donors (Lipinski definition) is 2. The van der Waals surface area contributed by atoms with E-state index in [1.165, 1.54) is 13.0 Å². The van der Waals surface area contributed by atoms with Gasteiger partial charge in [-0.05, 0) is 48.4 Å². The average molecular weight is 473 g/mol. The normalized spacial score (nSPS) is 12.4. The van der Waals surface area contributed by atoms with Crippen LogP contribution >= 0.6 is 0 Å². The Hall–Kier alpha value is -4.08. The maximum absolute atomic E-state index is 14.9. The molecular weight excluding hydrogens is 454 g/mol. The molecule has 3 aromatic carbocycles. The van der Waals surface area contributed by atoms with Crippen LogP contribution in [-0.4, -0.2) is 28.3 Å². The number of aromatic amines is 1. The molecule has 0 saturated heterocycles. The summed E-state index contributed by atoms with van der Waals surface area (Å²) in [4.78, 5) is 18.1. The minimum absolute atomic E-state index is 0.0753. The lowest BCUT2D eigenvalue weighted by Gasteiger charge is -2.18. The van der Waals surface area contributed by atoms with E-state index >= 15 is 0 Å². The smallest absolute Gasteiger partial charge is 0.457 e. The molecule has 0 fully saturated rings. The highest BCUT2D eigenvalue weighted by Crippen LogP contribution is 2.27. The van der Waals surface area contributed by atoms with Crippen molar-refractivity contribution in [2.45, 2.75) is 25.7 Å². The molecule has 6 nitrogen and oxygen atoms in total. The number of ether oxygens (including phenoxy) is 2. The van der Waals surface area contributed by atoms with Crippen molar-refractivity contribution in [1.29, 1.82) is 0 Å². The number of nitrogens with one attached hydrogen (secondary N) is 2. The first-order valence-corrected chi connectivity index (χ1v) is 10.2. The van der Waals surface area contributed by atoms with E-state index in [-0.39, 0.29) is 12.1 Å². The van der Waals surface area contributed by atoms with Crippen molar-refractivity contribution in [3.05, 3.63) is 83.9 Å². The standard InChI is InChI=1S/C24H19F4N3O3/c1-14(33-23(32)24(26,27)28)31-20-4-2-3-16(22(20)25)11-15-5-7-17(8-6-15)34-18-9-10-19-21(12-18)30-13-29-19/h2-10,12-14,31H,11H2,1H3,(H,29,30). The summed E-state index contributed by atoms with van der Waals surface area (Å²) in [7, 11) is 0. The number of fused-ring (bicyclic) bond motifs is 1. The number of carbonyl (C=O) groups excluding carboxylic acids is 1. The Labute approximate surface area is 191 Å². The highest BCUT2D eigenvalue weighted by atomic mass is 19.4. The van der Waals surface area contributed by atoms with Gasteiger partial charge in [0.1, 0.15) is 17.3 Å². The van der Waals surface area contributed by atoms with Gasteiger partial charge in [-0.15, -0.1) is 0 Å². The predicted octanol–water partition coefficient (Wildman–Crippen LogP) is 5.95. The summed E-state index contributed by atoms with van der Waals surface area (Å²) >= 11 is 0. The van der Waals surface area contributed by atoms with Gasteiger partial charge in [-0.2, -0.15) is 13.2 Å². The molecule has 0 amide bonds. The highest BCUT2D eigenvalue weighted by Gasteiger charge is 2.41. The largest absolute Gasteiger partial charge is 0.490 e. The molecule has 10 heteroatoms. The molecule has 34 heavy (non-hydrogen) atoms. The summed E-state index contributed by atoms with van der Waals surface area (Å²) in [6, 6.07) is 17.0. The second kappa shape index (κ2) is 9.42. The molecule has 0 radical (unpaired) electrons. The van der Waals surface area contributed by atoms with Crippen LogP contribution in [0.5, 0.6) is 11.5 Å². The van der Waals surface area contributed by atoms with E-state index in [0.717, 1.165) is 16.6 Å². The Morgan fingerprint density at radius 2 is 1.82 bits per heavy atom. The van der Waals surface area contributed by atoms with Crippen LogP contribution in [0.1, 0.15) is 18.1 Å². The van der Waals surface area contributed by atoms with Gasteiger partial charge in [0.05, 0.1) is 23.0 Å². The topological polar surface area (TPSA) is 76.2 Å². The molecular formula is C24H19F4N3O3. The number of H-pyrrole nitrogens is 1. The number of hydrogen-bond acceptors (Lipinski definition) is 5. The molecule has 4 aromatic rings. The summed E-state index contributed by atoms with van der Waals surface area (Å²) in [5.41, 5.74) is 2.71. The molecule has 1 atom stereocenters. The first-order valence-electron chi connectivity index (χ1n) is 10.2. The van der Waals surface area contributed by atoms with E-state index in [1.54, 1.807) is 48.8 Å². The molecule has 1 heterocycles. The number of rotatable bonds is 7. The Balaban J connectivity index is 1.41. The summed E-state index contributed by atoms with van der Waals surface area (Å²) in [5, 5.41) is 2.44. The van der Waals surface area contributed by atoms with Gasteiger partial charge in [0.25, 0.3) is 0 Å². The van der Waals surface area contributed by atoms with Gasteiger partial charge in [-0.25, -0.2) is 14.2 Å². The molecule has 1 unspecified atom stereocenters. The Bertz CT molecular complexity index is 1300. The van der Waals surface area contributed by atoms with E-state index in [1.807, 2.05) is 12.1 Å². The van der Waals surface area contributed by atoms with Crippen LogP contribution in [0.15, 0.2) is 67.0 Å². The van der Waals surface area contributed by atoms with Crippen molar-refractivity contribution in [3.63, 3.8) is 0 Å². The molecule has 0 aliphatic rings. The Morgan fingerprint density at radius 1 is 1.09 bits per heavy atom. The third-order valence-electron chi connectivity index (χ3n) is 4.90. The summed E-state index contributed by atoms with van der Waals surface area (Å²) in [5.74, 6) is -1.78. The first-order chi connectivity index (χ1) is 16.2. The maximum Gasteiger partial charge on any atom is 0.490 e. The van der Waals surface area contributed by atoms with Gasteiger partial charge in [0, 0.05) is 12.5 Å². The quantitative estimate of drug-likeness (QED) is 0.197. The summed E-state index contributed by atoms with van der Waals surface area (Å²) in [6.07, 6.45) is -4.67. The predicted molar refractivity (Wildman–Crippen MR) is 117 cm³/mol. The van der Waals surface area contributed by atoms with Gasteiger partial charge >= 0.3 is 12.1 Å². The van der Waals surface area contributed by atoms with E-state index in [4.69, 9.17) is 4.74 Å². The van der Waals surface area contributed by atoms with Crippen molar-refractivity contribution in [3.8, 4) is 11.5 Å². The van der Waals surface area contributed by atoms with Crippen LogP contribution in [0.25, 0.3) is 11.0 Å². The lowest BCUT2D eigenvalue weighted by atomic mass is 10.0. The number of halogens is 4. The van der Waals surface area contributed by atoms with Crippen LogP contribution in [0, 0.1) is 5.82 Å². The third-order valence-corrected chi connectivity index (χ3v) is 4.90. The molecule has 0 bridgehead atoms. The van der Waals surface area contributed by atoms with Crippen LogP contribution in [-0.2, 0) is 16.0 Å². The van der Waals surface area contributed by atoms with Crippen LogP contribution < -0.4 is 10.1 Å². The van der Waals surface area contributed by atoms with Gasteiger partial charge in [0.2, 0.25) is 0 Å². The number of anilines is 1. The molecule has 0 aliphatic heterocycles. The molecule has 0 saturated carbocycles. The monoisotopic (exact) mass is 473 g/mol. The zero-order chi connectivity index (χ0) is 24.3. The SMILES string of the molecule is CC(Nc1cccc(Cc2ccc(Oc3ccc4[nH]cnc4c3)cc2)c1F)OC(=O)C(F)(F)F. The van der Waals surface area contributed by atoms with Crippen molar-refractivity contribution < 1.29 is 31.8 Å². The fourth-order valence-corrected chi connectivity index (χ4v) is 3.31. The van der Waals surface area contributed by atoms with E-state index in [2.05, 4.69) is 20.0 Å². The van der Waals surface area contributed by atoms with E-state index < -0.39 is 24.2 Å². The van der Waals surface area contributed by atoms with Crippen LogP contribution in [0.4, 0.5) is 23.2 Å². The second-order valence-electron chi connectivity index (χ2n) is 7.47. The lowest BCUT2D eigenvalue weighted by Crippen LogP contribution is -2.32. The molecule has 176 valence electrons. The third kappa shape index (κ3) is 5.45. The van der Waals surface area contributed by atoms with Crippen molar-refractivity contribution in [2.24, 2.45) is 0 Å². The van der Waals surface area contributed by atoms with Gasteiger partial charge in [-0.1, -0.05) is 24.3 Å². The van der Waals surface area contributed by atoms with Crippen LogP contribution in [0.3, 0.4) is 0 Å². The fourth-order valence-electron chi connectivity index (χ4n) is 3.31. The van der Waals surface area contributed by atoms with Gasteiger partial charge in [-0.3, -0.25) is 0 Å². The number of carbonyl (C=O) groups is 1. The van der Waals surface area contributed by atoms with E-state index in [9.17, 15) is 22.4 Å². The Kier molecular flexibility index (Phi) is 6.40. The minimum Gasteiger partial charge on any atom is -0.457 e. The minimum atomic E-state index is -5.13. The zero-order valence-corrected chi connectivity index (χ0v) is 17.8. The second-order valence-corrected chi connectivity index (χ2v) is 7.47. The summed E-state index contributed by atoms with van der Waals surface area (Å²) in [6.45, 7) is 1.18. The first kappa shape index (κ1) is 23.1. The lowest BCUT2D eigenvalue weighted by molar-refractivity contribution is -0.202. The number of esters is 1. The number of benzene rings is 3.